The van der Waals surface area contributed by atoms with Gasteiger partial charge in [-0.2, -0.15) is 0 Å². The number of β-amino-alcohol motifs (C(OH)–C–C–N with tert-alkyl or cyclic N) is 1. The zero-order valence-electron chi connectivity index (χ0n) is 15.2. The summed E-state index contributed by atoms with van der Waals surface area (Å²) in [7, 11) is 0. The molecule has 2 heterocycles. The molecule has 1 aromatic heterocycles. The lowest BCUT2D eigenvalue weighted by atomic mass is 10.1. The van der Waals surface area contributed by atoms with Gasteiger partial charge in [0.2, 0.25) is 0 Å². The van der Waals surface area contributed by atoms with E-state index in [9.17, 15) is 9.90 Å². The van der Waals surface area contributed by atoms with Crippen molar-refractivity contribution in [3.8, 4) is 0 Å². The summed E-state index contributed by atoms with van der Waals surface area (Å²) < 4.78 is 0. The largest absolute Gasteiger partial charge is 0.389 e. The molecule has 1 fully saturated rings. The van der Waals surface area contributed by atoms with Crippen LogP contribution >= 0.6 is 0 Å². The molecule has 6 heteroatoms. The van der Waals surface area contributed by atoms with Crippen molar-refractivity contribution in [2.45, 2.75) is 45.8 Å². The van der Waals surface area contributed by atoms with Crippen LogP contribution in [0.2, 0.25) is 0 Å². The van der Waals surface area contributed by atoms with E-state index in [-0.39, 0.29) is 12.1 Å². The molecule has 0 spiro atoms. The second-order valence-electron chi connectivity index (χ2n) is 7.38. The van der Waals surface area contributed by atoms with E-state index in [1.807, 2.05) is 44.0 Å². The maximum Gasteiger partial charge on any atom is 0.317 e. The third kappa shape index (κ3) is 5.76. The van der Waals surface area contributed by atoms with Gasteiger partial charge in [0.15, 0.2) is 0 Å². The van der Waals surface area contributed by atoms with Crippen LogP contribution in [0.3, 0.4) is 0 Å². The molecule has 2 amide bonds. The van der Waals surface area contributed by atoms with Gasteiger partial charge in [0.25, 0.3) is 0 Å². The number of pyridine rings is 1. The Morgan fingerprint density at radius 3 is 2.75 bits per heavy atom. The number of rotatable bonds is 5. The van der Waals surface area contributed by atoms with E-state index >= 15 is 0 Å². The number of aliphatic hydroxyl groups is 1. The zero-order valence-corrected chi connectivity index (χ0v) is 15.2. The van der Waals surface area contributed by atoms with Gasteiger partial charge in [-0.25, -0.2) is 4.79 Å². The van der Waals surface area contributed by atoms with Crippen molar-refractivity contribution in [3.05, 3.63) is 29.6 Å². The Kier molecular flexibility index (Phi) is 6.18. The van der Waals surface area contributed by atoms with Gasteiger partial charge in [0.05, 0.1) is 5.60 Å². The smallest absolute Gasteiger partial charge is 0.317 e. The summed E-state index contributed by atoms with van der Waals surface area (Å²) in [6, 6.07) is 4.17. The molecule has 2 rings (SSSR count). The van der Waals surface area contributed by atoms with E-state index in [4.69, 9.17) is 0 Å². The standard InChI is InChI=1S/C18H30N4O2/c1-14-5-6-16(11-20-14)7-8-19-17(23)22-10-9-21(12-15(22)2)13-18(3,4)24/h5-6,11,15,24H,7-10,12-13H2,1-4H3,(H,19,23)/t15-/m1/s1. The molecule has 0 bridgehead atoms. The van der Waals surface area contributed by atoms with Crippen LogP contribution in [0.5, 0.6) is 0 Å². The first-order valence-electron chi connectivity index (χ1n) is 8.65. The predicted molar refractivity (Wildman–Crippen MR) is 95.0 cm³/mol. The van der Waals surface area contributed by atoms with Crippen LogP contribution < -0.4 is 5.32 Å². The highest BCUT2D eigenvalue weighted by molar-refractivity contribution is 5.74. The Morgan fingerprint density at radius 1 is 1.42 bits per heavy atom. The van der Waals surface area contributed by atoms with Crippen LogP contribution in [-0.2, 0) is 6.42 Å². The van der Waals surface area contributed by atoms with Crippen molar-refractivity contribution in [1.82, 2.24) is 20.1 Å². The molecule has 1 atom stereocenters. The minimum atomic E-state index is -0.702. The number of aryl methyl sites for hydroxylation is 1. The summed E-state index contributed by atoms with van der Waals surface area (Å²) in [5, 5.41) is 12.9. The molecule has 0 unspecified atom stereocenters. The molecular formula is C18H30N4O2. The molecule has 0 aliphatic carbocycles. The molecule has 134 valence electrons. The SMILES string of the molecule is Cc1ccc(CCNC(=O)N2CCN(CC(C)(C)O)C[C@H]2C)cn1. The Labute approximate surface area is 144 Å². The first-order valence-corrected chi connectivity index (χ1v) is 8.65. The third-order valence-corrected chi connectivity index (χ3v) is 4.25. The summed E-state index contributed by atoms with van der Waals surface area (Å²) in [6.45, 7) is 11.2. The lowest BCUT2D eigenvalue weighted by Crippen LogP contribution is -2.58. The number of amides is 2. The summed E-state index contributed by atoms with van der Waals surface area (Å²) >= 11 is 0. The number of carbonyl (C=O) groups excluding carboxylic acids is 1. The summed E-state index contributed by atoms with van der Waals surface area (Å²) in [4.78, 5) is 20.7. The molecule has 1 aliphatic rings. The molecule has 0 radical (unpaired) electrons. The van der Waals surface area contributed by atoms with Crippen LogP contribution in [0.4, 0.5) is 4.79 Å². The average molecular weight is 334 g/mol. The number of urea groups is 1. The van der Waals surface area contributed by atoms with E-state index in [0.717, 1.165) is 30.8 Å². The molecule has 0 aromatic carbocycles. The van der Waals surface area contributed by atoms with Crippen LogP contribution in [0, 0.1) is 6.92 Å². The fourth-order valence-corrected chi connectivity index (χ4v) is 3.09. The van der Waals surface area contributed by atoms with Gasteiger partial charge in [-0.05, 0) is 45.7 Å². The van der Waals surface area contributed by atoms with Crippen LogP contribution in [0.1, 0.15) is 32.0 Å². The number of hydrogen-bond acceptors (Lipinski definition) is 4. The Bertz CT molecular complexity index is 539. The highest BCUT2D eigenvalue weighted by Crippen LogP contribution is 2.13. The first kappa shape index (κ1) is 18.7. The quantitative estimate of drug-likeness (QED) is 0.854. The van der Waals surface area contributed by atoms with Crippen LogP contribution in [0.15, 0.2) is 18.3 Å². The van der Waals surface area contributed by atoms with Gasteiger partial charge in [0, 0.05) is 50.7 Å². The fraction of sp³-hybridized carbons (Fsp3) is 0.667. The van der Waals surface area contributed by atoms with E-state index in [0.29, 0.717) is 19.6 Å². The van der Waals surface area contributed by atoms with Crippen LogP contribution in [-0.4, -0.2) is 70.3 Å². The molecule has 1 saturated heterocycles. The van der Waals surface area contributed by atoms with Gasteiger partial charge in [-0.3, -0.25) is 9.88 Å². The van der Waals surface area contributed by atoms with E-state index in [2.05, 4.69) is 22.1 Å². The van der Waals surface area contributed by atoms with Gasteiger partial charge in [0.1, 0.15) is 0 Å². The first-order chi connectivity index (χ1) is 11.2. The van der Waals surface area contributed by atoms with E-state index < -0.39 is 5.60 Å². The molecule has 1 aromatic rings. The third-order valence-electron chi connectivity index (χ3n) is 4.25. The molecule has 0 saturated carbocycles. The Hall–Kier alpha value is -1.66. The minimum absolute atomic E-state index is 0.00882. The van der Waals surface area contributed by atoms with Crippen molar-refractivity contribution in [2.75, 3.05) is 32.7 Å². The highest BCUT2D eigenvalue weighted by atomic mass is 16.3. The second kappa shape index (κ2) is 7.94. The van der Waals surface area contributed by atoms with Crippen molar-refractivity contribution < 1.29 is 9.90 Å². The summed E-state index contributed by atoms with van der Waals surface area (Å²) in [5.74, 6) is 0. The van der Waals surface area contributed by atoms with Gasteiger partial charge >= 0.3 is 6.03 Å². The monoisotopic (exact) mass is 334 g/mol. The zero-order chi connectivity index (χ0) is 17.7. The van der Waals surface area contributed by atoms with Crippen molar-refractivity contribution in [3.63, 3.8) is 0 Å². The van der Waals surface area contributed by atoms with Crippen molar-refractivity contribution in [1.29, 1.82) is 0 Å². The molecule has 24 heavy (non-hydrogen) atoms. The number of nitrogens with one attached hydrogen (secondary N) is 1. The maximum absolute atomic E-state index is 12.4. The fourth-order valence-electron chi connectivity index (χ4n) is 3.09. The topological polar surface area (TPSA) is 68.7 Å². The summed E-state index contributed by atoms with van der Waals surface area (Å²) in [6.07, 6.45) is 2.64. The number of aromatic nitrogens is 1. The van der Waals surface area contributed by atoms with E-state index in [1.165, 1.54) is 0 Å². The average Bonchev–Trinajstić information content (AvgIpc) is 2.47. The molecule has 1 aliphatic heterocycles. The van der Waals surface area contributed by atoms with E-state index in [1.54, 1.807) is 0 Å². The predicted octanol–water partition coefficient (Wildman–Crippen LogP) is 1.42. The lowest BCUT2D eigenvalue weighted by molar-refractivity contribution is 0.0119. The number of piperazine rings is 1. The van der Waals surface area contributed by atoms with Gasteiger partial charge < -0.3 is 15.3 Å². The lowest BCUT2D eigenvalue weighted by Gasteiger charge is -2.41. The molecule has 2 N–H and O–H groups in total. The summed E-state index contributed by atoms with van der Waals surface area (Å²) in [5.41, 5.74) is 1.43. The number of carbonyl (C=O) groups is 1. The highest BCUT2D eigenvalue weighted by Gasteiger charge is 2.29. The van der Waals surface area contributed by atoms with Crippen molar-refractivity contribution in [2.24, 2.45) is 0 Å². The Morgan fingerprint density at radius 2 is 2.17 bits per heavy atom. The van der Waals surface area contributed by atoms with Crippen LogP contribution in [0.25, 0.3) is 0 Å². The van der Waals surface area contributed by atoms with Crippen molar-refractivity contribution >= 4 is 6.03 Å². The Balaban J connectivity index is 1.75. The normalized spacial score (nSPS) is 19.4. The minimum Gasteiger partial charge on any atom is -0.389 e. The number of nitrogens with zero attached hydrogens (tertiary/aromatic N) is 3. The second-order valence-corrected chi connectivity index (χ2v) is 7.38. The molecule has 6 nitrogen and oxygen atoms in total. The van der Waals surface area contributed by atoms with Gasteiger partial charge in [-0.15, -0.1) is 0 Å². The number of hydrogen-bond donors (Lipinski definition) is 2. The molecular weight excluding hydrogens is 304 g/mol. The maximum atomic E-state index is 12.4. The van der Waals surface area contributed by atoms with Gasteiger partial charge in [-0.1, -0.05) is 6.07 Å².